The molecular weight excluding hydrogens is 204 g/mol. The Hall–Kier alpha value is -1.06. The van der Waals surface area contributed by atoms with E-state index in [1.807, 2.05) is 20.8 Å². The monoisotopic (exact) mass is 226 g/mol. The van der Waals surface area contributed by atoms with Gasteiger partial charge in [0.05, 0.1) is 0 Å². The molecule has 1 aliphatic heterocycles. The molecule has 0 aliphatic carbocycles. The number of amides is 2. The zero-order valence-corrected chi connectivity index (χ0v) is 10.6. The van der Waals surface area contributed by atoms with Crippen molar-refractivity contribution < 1.29 is 9.59 Å². The predicted molar refractivity (Wildman–Crippen MR) is 62.9 cm³/mol. The molecule has 16 heavy (non-hydrogen) atoms. The number of hydrogen-bond donors (Lipinski definition) is 1. The molecule has 0 saturated carbocycles. The molecule has 3 unspecified atom stereocenters. The van der Waals surface area contributed by atoms with Gasteiger partial charge < -0.3 is 10.2 Å². The number of nitrogens with zero attached hydrogens (tertiary/aromatic N) is 1. The minimum atomic E-state index is -0.317. The molecule has 0 bridgehead atoms. The van der Waals surface area contributed by atoms with E-state index in [1.54, 1.807) is 11.9 Å². The summed E-state index contributed by atoms with van der Waals surface area (Å²) >= 11 is 0. The summed E-state index contributed by atoms with van der Waals surface area (Å²) in [6, 6.07) is -0.617. The van der Waals surface area contributed by atoms with Gasteiger partial charge in [0.15, 0.2) is 0 Å². The van der Waals surface area contributed by atoms with Crippen molar-refractivity contribution in [2.45, 2.75) is 52.1 Å². The minimum absolute atomic E-state index is 0.00472. The fourth-order valence-corrected chi connectivity index (χ4v) is 2.23. The van der Waals surface area contributed by atoms with E-state index in [4.69, 9.17) is 0 Å². The number of rotatable bonds is 4. The summed E-state index contributed by atoms with van der Waals surface area (Å²) in [6.07, 6.45) is 2.52. The maximum Gasteiger partial charge on any atom is 0.245 e. The minimum Gasteiger partial charge on any atom is -0.342 e. The molecule has 3 atom stereocenters. The fraction of sp³-hybridized carbons (Fsp3) is 0.833. The molecule has 1 aliphatic rings. The van der Waals surface area contributed by atoms with Crippen LogP contribution in [-0.4, -0.2) is 35.8 Å². The highest BCUT2D eigenvalue weighted by Gasteiger charge is 2.39. The summed E-state index contributed by atoms with van der Waals surface area (Å²) in [5.41, 5.74) is 0. The Morgan fingerprint density at radius 2 is 2.00 bits per heavy atom. The van der Waals surface area contributed by atoms with Crippen molar-refractivity contribution in [2.24, 2.45) is 5.92 Å². The van der Waals surface area contributed by atoms with Gasteiger partial charge in [-0.3, -0.25) is 9.59 Å². The van der Waals surface area contributed by atoms with Gasteiger partial charge in [0.1, 0.15) is 12.1 Å². The average Bonchev–Trinajstić information content (AvgIpc) is 2.25. The molecule has 1 rings (SSSR count). The van der Waals surface area contributed by atoms with Crippen LogP contribution in [0.25, 0.3) is 0 Å². The summed E-state index contributed by atoms with van der Waals surface area (Å²) in [6.45, 7) is 6.06. The van der Waals surface area contributed by atoms with Crippen LogP contribution in [0.3, 0.4) is 0 Å². The van der Waals surface area contributed by atoms with Crippen molar-refractivity contribution in [1.82, 2.24) is 10.2 Å². The lowest BCUT2D eigenvalue weighted by Gasteiger charge is -2.39. The third-order valence-electron chi connectivity index (χ3n) is 3.41. The Bertz CT molecular complexity index is 278. The Morgan fingerprint density at radius 1 is 1.38 bits per heavy atom. The van der Waals surface area contributed by atoms with E-state index < -0.39 is 0 Å². The number of carbonyl (C=O) groups excluding carboxylic acids is 2. The van der Waals surface area contributed by atoms with Crippen LogP contribution in [0.1, 0.15) is 40.0 Å². The van der Waals surface area contributed by atoms with Gasteiger partial charge in [-0.05, 0) is 12.3 Å². The first-order valence-electron chi connectivity index (χ1n) is 6.09. The second-order valence-corrected chi connectivity index (χ2v) is 4.63. The highest BCUT2D eigenvalue weighted by atomic mass is 16.2. The molecule has 1 saturated heterocycles. The highest BCUT2D eigenvalue weighted by molar-refractivity contribution is 5.96. The van der Waals surface area contributed by atoms with E-state index in [0.717, 1.165) is 19.3 Å². The Labute approximate surface area is 97.4 Å². The first-order valence-corrected chi connectivity index (χ1v) is 6.09. The highest BCUT2D eigenvalue weighted by Crippen LogP contribution is 2.19. The molecule has 0 aromatic carbocycles. The van der Waals surface area contributed by atoms with Crippen molar-refractivity contribution in [3.8, 4) is 0 Å². The van der Waals surface area contributed by atoms with Gasteiger partial charge >= 0.3 is 0 Å². The Balaban J connectivity index is 2.80. The lowest BCUT2D eigenvalue weighted by molar-refractivity contribution is -0.149. The van der Waals surface area contributed by atoms with E-state index in [1.165, 1.54) is 0 Å². The fourth-order valence-electron chi connectivity index (χ4n) is 2.23. The van der Waals surface area contributed by atoms with Gasteiger partial charge in [-0.25, -0.2) is 0 Å². The van der Waals surface area contributed by atoms with Gasteiger partial charge in [-0.15, -0.1) is 0 Å². The third kappa shape index (κ3) is 2.36. The van der Waals surface area contributed by atoms with Crippen LogP contribution in [-0.2, 0) is 9.59 Å². The number of likely N-dealkylation sites (N-methyl/N-ethyl adjacent to an activating group) is 1. The topological polar surface area (TPSA) is 49.4 Å². The maximum atomic E-state index is 12.0. The molecule has 1 N–H and O–H groups in total. The SMILES string of the molecule is CCCC1NC(=O)C(C(C)CC)N(C)C1=O. The second-order valence-electron chi connectivity index (χ2n) is 4.63. The van der Waals surface area contributed by atoms with E-state index in [0.29, 0.717) is 0 Å². The number of nitrogens with one attached hydrogen (secondary N) is 1. The lowest BCUT2D eigenvalue weighted by atomic mass is 9.93. The quantitative estimate of drug-likeness (QED) is 0.782. The summed E-state index contributed by atoms with van der Waals surface area (Å²) in [7, 11) is 1.74. The van der Waals surface area contributed by atoms with Crippen LogP contribution >= 0.6 is 0 Å². The zero-order chi connectivity index (χ0) is 12.3. The summed E-state index contributed by atoms with van der Waals surface area (Å²) in [5, 5.41) is 2.83. The van der Waals surface area contributed by atoms with Gasteiger partial charge in [0.2, 0.25) is 11.8 Å². The van der Waals surface area contributed by atoms with E-state index in [-0.39, 0.29) is 29.8 Å². The molecule has 92 valence electrons. The summed E-state index contributed by atoms with van der Waals surface area (Å²) in [5.74, 6) is 0.248. The van der Waals surface area contributed by atoms with Crippen molar-refractivity contribution in [2.75, 3.05) is 7.05 Å². The van der Waals surface area contributed by atoms with Crippen molar-refractivity contribution >= 4 is 11.8 Å². The van der Waals surface area contributed by atoms with E-state index in [2.05, 4.69) is 5.32 Å². The van der Waals surface area contributed by atoms with E-state index in [9.17, 15) is 9.59 Å². The van der Waals surface area contributed by atoms with Crippen LogP contribution < -0.4 is 5.32 Å². The average molecular weight is 226 g/mol. The molecule has 0 radical (unpaired) electrons. The van der Waals surface area contributed by atoms with Crippen LogP contribution in [0.5, 0.6) is 0 Å². The standard InChI is InChI=1S/C12H22N2O2/c1-5-7-9-12(16)14(4)10(8(3)6-2)11(15)13-9/h8-10H,5-7H2,1-4H3,(H,13,15). The Kier molecular flexibility index (Phi) is 4.33. The molecule has 0 aromatic rings. The molecule has 2 amide bonds. The number of carbonyl (C=O) groups is 2. The first kappa shape index (κ1) is 13.0. The lowest BCUT2D eigenvalue weighted by Crippen LogP contribution is -2.63. The predicted octanol–water partition coefficient (Wildman–Crippen LogP) is 1.16. The third-order valence-corrected chi connectivity index (χ3v) is 3.41. The van der Waals surface area contributed by atoms with Gasteiger partial charge in [-0.2, -0.15) is 0 Å². The van der Waals surface area contributed by atoms with Crippen molar-refractivity contribution in [3.05, 3.63) is 0 Å². The second kappa shape index (κ2) is 5.32. The summed E-state index contributed by atoms with van der Waals surface area (Å²) in [4.78, 5) is 25.6. The molecule has 4 nitrogen and oxygen atoms in total. The van der Waals surface area contributed by atoms with Crippen molar-refractivity contribution in [3.63, 3.8) is 0 Å². The number of piperazine rings is 1. The molecule has 1 fully saturated rings. The molecular formula is C12H22N2O2. The van der Waals surface area contributed by atoms with E-state index >= 15 is 0 Å². The van der Waals surface area contributed by atoms with Crippen LogP contribution in [0, 0.1) is 5.92 Å². The largest absolute Gasteiger partial charge is 0.342 e. The zero-order valence-electron chi connectivity index (χ0n) is 10.6. The van der Waals surface area contributed by atoms with Crippen LogP contribution in [0.2, 0.25) is 0 Å². The van der Waals surface area contributed by atoms with Crippen LogP contribution in [0.4, 0.5) is 0 Å². The Morgan fingerprint density at radius 3 is 2.50 bits per heavy atom. The molecule has 1 heterocycles. The van der Waals surface area contributed by atoms with Gasteiger partial charge in [0, 0.05) is 7.05 Å². The molecule has 4 heteroatoms. The smallest absolute Gasteiger partial charge is 0.245 e. The number of hydrogen-bond acceptors (Lipinski definition) is 2. The maximum absolute atomic E-state index is 12.0. The van der Waals surface area contributed by atoms with Crippen molar-refractivity contribution in [1.29, 1.82) is 0 Å². The molecule has 0 aromatic heterocycles. The van der Waals surface area contributed by atoms with Crippen LogP contribution in [0.15, 0.2) is 0 Å². The summed E-state index contributed by atoms with van der Waals surface area (Å²) < 4.78 is 0. The molecule has 0 spiro atoms. The first-order chi connectivity index (χ1) is 7.52. The van der Waals surface area contributed by atoms with Gasteiger partial charge in [-0.1, -0.05) is 33.6 Å². The normalized spacial score (nSPS) is 27.9. The van der Waals surface area contributed by atoms with Gasteiger partial charge in [0.25, 0.3) is 0 Å².